The van der Waals surface area contributed by atoms with Crippen LogP contribution in [-0.4, -0.2) is 37.5 Å². The topological polar surface area (TPSA) is 26.4 Å². The Bertz CT molecular complexity index is 234. The number of hydrogen-bond donors (Lipinski definition) is 0. The van der Waals surface area contributed by atoms with Crippen molar-refractivity contribution in [1.29, 1.82) is 0 Å². The van der Waals surface area contributed by atoms with Gasteiger partial charge in [-0.2, -0.15) is 18.2 Å². The van der Waals surface area contributed by atoms with Crippen molar-refractivity contribution in [2.24, 2.45) is 0 Å². The monoisotopic (exact) mass is 376 g/mol. The molecule has 0 amide bonds. The van der Waals surface area contributed by atoms with Crippen molar-refractivity contribution in [1.82, 2.24) is 9.34 Å². The van der Waals surface area contributed by atoms with Gasteiger partial charge in [-0.1, -0.05) is 0 Å². The fraction of sp³-hybridized carbons (Fsp3) is 0.400. The summed E-state index contributed by atoms with van der Waals surface area (Å²) < 4.78 is 54.1. The first-order chi connectivity index (χ1) is 8.79. The van der Waals surface area contributed by atoms with Crippen LogP contribution in [0.5, 0.6) is 0 Å². The molecular weight excluding hydrogens is 357 g/mol. The molecule has 0 atom stereocenters. The van der Waals surface area contributed by atoms with Gasteiger partial charge >= 0.3 is 28.7 Å². The summed E-state index contributed by atoms with van der Waals surface area (Å²) in [5.41, 5.74) is 0. The Morgan fingerprint density at radius 1 is 0.850 bits per heavy atom. The molecule has 1 aromatic carbocycles. The molecule has 10 heteroatoms. The van der Waals surface area contributed by atoms with Gasteiger partial charge in [0.15, 0.2) is 0 Å². The first kappa shape index (κ1) is 28.3. The van der Waals surface area contributed by atoms with E-state index < -0.39 is 17.4 Å². The number of rotatable bonds is 2. The van der Waals surface area contributed by atoms with E-state index in [1.807, 2.05) is 30.3 Å². The van der Waals surface area contributed by atoms with Crippen LogP contribution < -0.4 is 0 Å². The summed E-state index contributed by atoms with van der Waals surface area (Å²) in [6, 6.07) is 10.0. The molecule has 3 nitrogen and oxygen atoms in total. The van der Waals surface area contributed by atoms with Crippen LogP contribution in [0.4, 0.5) is 16.8 Å². The molecule has 0 fully saturated rings. The van der Waals surface area contributed by atoms with E-state index >= 15 is 0 Å². The predicted molar refractivity (Wildman–Crippen MR) is 74.4 cm³/mol. The molecule has 0 aromatic heterocycles. The van der Waals surface area contributed by atoms with Crippen molar-refractivity contribution in [3.05, 3.63) is 37.0 Å². The molecule has 0 aliphatic heterocycles. The van der Waals surface area contributed by atoms with Crippen molar-refractivity contribution in [2.45, 2.75) is 0 Å². The smallest absolute Gasteiger partial charge is 0 e. The molecule has 1 aromatic rings. The van der Waals surface area contributed by atoms with E-state index in [9.17, 15) is 16.8 Å². The van der Waals surface area contributed by atoms with Gasteiger partial charge in [0.1, 0.15) is 0 Å². The largest absolute Gasteiger partial charge is 0.214 e. The van der Waals surface area contributed by atoms with Gasteiger partial charge in [-0.15, -0.1) is 9.34 Å². The molecule has 0 N–H and O–H groups in total. The van der Waals surface area contributed by atoms with E-state index in [1.165, 1.54) is 28.2 Å². The molecule has 1 radical (unpaired) electrons. The van der Waals surface area contributed by atoms with Crippen LogP contribution in [0.1, 0.15) is 0 Å². The van der Waals surface area contributed by atoms with Gasteiger partial charge in [-0.3, -0.25) is 0 Å². The standard InChI is InChI=1S/C5H5.2C2H6F2NP.CO.Mn/c1-2-4-5-3-1;2*1-5(2)6(3)4;1-2;/h1-5H;2*1-2H3;;/q-1;;;;/p+2. The second kappa shape index (κ2) is 21.4. The predicted octanol–water partition coefficient (Wildman–Crippen LogP) is 4.26. The quantitative estimate of drug-likeness (QED) is 0.254. The van der Waals surface area contributed by atoms with Crippen molar-refractivity contribution < 1.29 is 38.5 Å². The second-order valence-corrected chi connectivity index (χ2v) is 5.98. The molecule has 0 unspecified atom stereocenters. The summed E-state index contributed by atoms with van der Waals surface area (Å²) >= 11 is 0. The van der Waals surface area contributed by atoms with Crippen LogP contribution in [0, 0.1) is 6.65 Å². The fourth-order valence-corrected chi connectivity index (χ4v) is 0.321. The third kappa shape index (κ3) is 30.8. The van der Waals surface area contributed by atoms with E-state index in [0.29, 0.717) is 0 Å². The summed E-state index contributed by atoms with van der Waals surface area (Å²) in [6.45, 7) is 4.50. The minimum atomic E-state index is -3.12. The Morgan fingerprint density at radius 2 is 1.05 bits per heavy atom. The summed E-state index contributed by atoms with van der Waals surface area (Å²) in [6.07, 6.45) is 0. The molecule has 0 saturated carbocycles. The zero-order valence-electron chi connectivity index (χ0n) is 11.6. The van der Waals surface area contributed by atoms with Crippen molar-refractivity contribution in [3.63, 3.8) is 0 Å². The van der Waals surface area contributed by atoms with Gasteiger partial charge in [0.05, 0.1) is 0 Å². The minimum Gasteiger partial charge on any atom is -0.214 e. The van der Waals surface area contributed by atoms with E-state index in [-0.39, 0.29) is 17.1 Å². The average Bonchev–Trinajstić information content (AvgIpc) is 2.90. The molecule has 1 rings (SSSR count). The van der Waals surface area contributed by atoms with Gasteiger partial charge in [0.25, 0.3) is 0 Å². The van der Waals surface area contributed by atoms with E-state index in [0.717, 1.165) is 9.34 Å². The SMILES string of the molecule is CN(C)[PH+](F)F.CN(C)[PH+](F)F.[C-]#[O+].[Mn].c1cc[cH-]c1. The van der Waals surface area contributed by atoms with Crippen LogP contribution in [0.2, 0.25) is 0 Å². The molecule has 0 heterocycles. The number of halogens is 4. The van der Waals surface area contributed by atoms with Crippen LogP contribution >= 0.6 is 17.4 Å². The van der Waals surface area contributed by atoms with Gasteiger partial charge in [-0.05, 0) is 16.8 Å². The summed E-state index contributed by atoms with van der Waals surface area (Å²) in [5.74, 6) is 0. The summed E-state index contributed by atoms with van der Waals surface area (Å²) in [7, 11) is -0.759. The van der Waals surface area contributed by atoms with Crippen LogP contribution in [0.3, 0.4) is 0 Å². The first-order valence-electron chi connectivity index (χ1n) is 4.86. The average molecular weight is 376 g/mol. The van der Waals surface area contributed by atoms with Crippen LogP contribution in [0.15, 0.2) is 30.3 Å². The Balaban J connectivity index is -0.0000000883. The zero-order valence-corrected chi connectivity index (χ0v) is 14.8. The normalized spacial score (nSPS) is 8.70. The number of hydrogen-bond acceptors (Lipinski definition) is 2. The maximum Gasteiger partial charge on any atom is 0 e. The Labute approximate surface area is 131 Å². The molecule has 20 heavy (non-hydrogen) atoms. The maximum atomic E-state index is 11.2. The van der Waals surface area contributed by atoms with Gasteiger partial charge in [-0.25, -0.2) is 12.1 Å². The van der Waals surface area contributed by atoms with E-state index in [1.54, 1.807) is 0 Å². The van der Waals surface area contributed by atoms with E-state index in [4.69, 9.17) is 4.65 Å². The molecule has 0 saturated heterocycles. The van der Waals surface area contributed by atoms with E-state index in [2.05, 4.69) is 6.65 Å². The van der Waals surface area contributed by atoms with Crippen molar-refractivity contribution in [2.75, 3.05) is 28.2 Å². The van der Waals surface area contributed by atoms with Crippen LogP contribution in [0.25, 0.3) is 0 Å². The summed E-state index contributed by atoms with van der Waals surface area (Å²) in [5, 5.41) is 0. The second-order valence-electron chi connectivity index (χ2n) is 3.23. The third-order valence-corrected chi connectivity index (χ3v) is 2.58. The van der Waals surface area contributed by atoms with Crippen LogP contribution in [-0.2, 0) is 21.7 Å². The molecule has 0 spiro atoms. The Kier molecular flexibility index (Phi) is 30.3. The fourth-order valence-electron chi connectivity index (χ4n) is 0.321. The minimum absolute atomic E-state index is 0. The molecule has 0 aliphatic carbocycles. The maximum absolute atomic E-state index is 11.2. The Hall–Kier alpha value is 0.109. The molecular formula is C10H19F4MnN2OP2+. The third-order valence-electron chi connectivity index (χ3n) is 1.23. The Morgan fingerprint density at radius 3 is 1.10 bits per heavy atom. The molecule has 0 bridgehead atoms. The van der Waals surface area contributed by atoms with Gasteiger partial charge < -0.3 is 0 Å². The van der Waals surface area contributed by atoms with Crippen molar-refractivity contribution in [3.8, 4) is 0 Å². The molecule has 0 aliphatic rings. The summed E-state index contributed by atoms with van der Waals surface area (Å²) in [4.78, 5) is 0. The molecule has 119 valence electrons. The number of nitrogens with zero attached hydrogens (tertiary/aromatic N) is 2. The van der Waals surface area contributed by atoms with Crippen molar-refractivity contribution >= 4 is 17.4 Å². The van der Waals surface area contributed by atoms with Gasteiger partial charge in [0, 0.05) is 45.3 Å². The zero-order chi connectivity index (χ0) is 15.8. The van der Waals surface area contributed by atoms with Gasteiger partial charge in [0.2, 0.25) is 0 Å². The first-order valence-corrected chi connectivity index (χ1v) is 7.27.